The van der Waals surface area contributed by atoms with Crippen LogP contribution in [0.4, 0.5) is 0 Å². The highest BCUT2D eigenvalue weighted by Crippen LogP contribution is 2.27. The molecule has 0 radical (unpaired) electrons. The predicted molar refractivity (Wildman–Crippen MR) is 113 cm³/mol. The molecule has 0 aliphatic rings. The molecule has 0 atom stereocenters. The average molecular weight is 508 g/mol. The van der Waals surface area contributed by atoms with Crippen molar-refractivity contribution in [2.75, 3.05) is 7.11 Å². The van der Waals surface area contributed by atoms with Gasteiger partial charge in [-0.3, -0.25) is 9.48 Å². The fraction of sp³-hybridized carbons (Fsp3) is 0.105. The van der Waals surface area contributed by atoms with Crippen LogP contribution >= 0.6 is 31.9 Å². The molecule has 28 heavy (non-hydrogen) atoms. The molecule has 3 rings (SSSR count). The summed E-state index contributed by atoms with van der Waals surface area (Å²) in [5.41, 5.74) is 4.08. The van der Waals surface area contributed by atoms with Crippen molar-refractivity contribution in [3.8, 4) is 11.5 Å². The zero-order valence-electron chi connectivity index (χ0n) is 14.8. The van der Waals surface area contributed by atoms with Gasteiger partial charge in [-0.15, -0.1) is 0 Å². The molecule has 0 fully saturated rings. The maximum absolute atomic E-state index is 12.4. The van der Waals surface area contributed by atoms with Crippen LogP contribution in [-0.4, -0.2) is 34.1 Å². The van der Waals surface area contributed by atoms with Crippen LogP contribution in [0.3, 0.4) is 0 Å². The first-order chi connectivity index (χ1) is 13.5. The van der Waals surface area contributed by atoms with E-state index in [4.69, 9.17) is 4.74 Å². The number of phenolic OH excluding ortho intramolecular Hbond substituents is 1. The highest BCUT2D eigenvalue weighted by atomic mass is 79.9. The summed E-state index contributed by atoms with van der Waals surface area (Å²) in [5, 5.41) is 18.2. The van der Waals surface area contributed by atoms with Crippen LogP contribution in [0.1, 0.15) is 21.6 Å². The molecule has 144 valence electrons. The van der Waals surface area contributed by atoms with Gasteiger partial charge in [0.1, 0.15) is 0 Å². The summed E-state index contributed by atoms with van der Waals surface area (Å²) >= 11 is 6.75. The predicted octanol–water partition coefficient (Wildman–Crippen LogP) is 3.93. The molecule has 0 spiro atoms. The van der Waals surface area contributed by atoms with Gasteiger partial charge in [-0.2, -0.15) is 10.2 Å². The van der Waals surface area contributed by atoms with Gasteiger partial charge in [0.2, 0.25) is 0 Å². The molecule has 2 N–H and O–H groups in total. The van der Waals surface area contributed by atoms with Crippen molar-refractivity contribution < 1.29 is 14.6 Å². The lowest BCUT2D eigenvalue weighted by Crippen LogP contribution is -2.19. The van der Waals surface area contributed by atoms with E-state index in [0.29, 0.717) is 22.3 Å². The van der Waals surface area contributed by atoms with E-state index >= 15 is 0 Å². The lowest BCUT2D eigenvalue weighted by Gasteiger charge is -2.04. The Balaban J connectivity index is 1.68. The number of benzene rings is 2. The Kier molecular flexibility index (Phi) is 6.48. The van der Waals surface area contributed by atoms with Crippen molar-refractivity contribution in [1.29, 1.82) is 0 Å². The fourth-order valence-corrected chi connectivity index (χ4v) is 3.19. The standard InChI is InChI=1S/C19H16Br2N4O3/c1-28-16-4-2-3-13(18(16)26)9-22-23-19(27)17-15(21)11-25(24-17)10-12-5-7-14(20)8-6-12/h2-9,11,26H,10H2,1H3,(H,23,27). The number of para-hydroxylation sites is 1. The molecule has 1 heterocycles. The Morgan fingerprint density at radius 1 is 1.29 bits per heavy atom. The lowest BCUT2D eigenvalue weighted by atomic mass is 10.2. The number of hydrazone groups is 1. The third kappa shape index (κ3) is 4.79. The largest absolute Gasteiger partial charge is 0.504 e. The zero-order valence-corrected chi connectivity index (χ0v) is 17.9. The minimum Gasteiger partial charge on any atom is -0.504 e. The summed E-state index contributed by atoms with van der Waals surface area (Å²) in [6.07, 6.45) is 3.07. The number of ether oxygens (including phenoxy) is 1. The number of rotatable bonds is 6. The van der Waals surface area contributed by atoms with Crippen LogP contribution in [0.15, 0.2) is 62.7 Å². The molecule has 1 aromatic heterocycles. The summed E-state index contributed by atoms with van der Waals surface area (Å²) in [4.78, 5) is 12.4. The molecule has 0 bridgehead atoms. The number of aromatic nitrogens is 2. The number of halogens is 2. The molecular weight excluding hydrogens is 492 g/mol. The van der Waals surface area contributed by atoms with E-state index < -0.39 is 5.91 Å². The van der Waals surface area contributed by atoms with Crippen molar-refractivity contribution in [1.82, 2.24) is 15.2 Å². The summed E-state index contributed by atoms with van der Waals surface area (Å²) in [7, 11) is 1.46. The van der Waals surface area contributed by atoms with Crippen LogP contribution in [0, 0.1) is 0 Å². The van der Waals surface area contributed by atoms with Gasteiger partial charge in [0, 0.05) is 16.2 Å². The number of nitrogens with one attached hydrogen (secondary N) is 1. The number of methoxy groups -OCH3 is 1. The van der Waals surface area contributed by atoms with E-state index in [9.17, 15) is 9.90 Å². The third-order valence-electron chi connectivity index (χ3n) is 3.81. The molecule has 0 aliphatic carbocycles. The van der Waals surface area contributed by atoms with Gasteiger partial charge in [0.05, 0.1) is 24.3 Å². The monoisotopic (exact) mass is 506 g/mol. The van der Waals surface area contributed by atoms with Gasteiger partial charge in [-0.25, -0.2) is 5.43 Å². The van der Waals surface area contributed by atoms with Crippen molar-refractivity contribution in [2.45, 2.75) is 6.54 Å². The smallest absolute Gasteiger partial charge is 0.293 e. The summed E-state index contributed by atoms with van der Waals surface area (Å²) in [6.45, 7) is 0.528. The number of carbonyl (C=O) groups excluding carboxylic acids is 1. The van der Waals surface area contributed by atoms with E-state index in [1.807, 2.05) is 24.3 Å². The minimum absolute atomic E-state index is 0.0528. The highest BCUT2D eigenvalue weighted by molar-refractivity contribution is 9.10. The summed E-state index contributed by atoms with van der Waals surface area (Å²) in [5.74, 6) is -0.201. The molecule has 3 aromatic rings. The van der Waals surface area contributed by atoms with Gasteiger partial charge in [0.25, 0.3) is 5.91 Å². The first-order valence-electron chi connectivity index (χ1n) is 8.14. The number of hydrogen-bond acceptors (Lipinski definition) is 5. The SMILES string of the molecule is COc1cccc(C=NNC(=O)c2nn(Cc3ccc(Br)cc3)cc2Br)c1O. The van der Waals surface area contributed by atoms with Gasteiger partial charge in [-0.05, 0) is 45.8 Å². The second kappa shape index (κ2) is 9.03. The van der Waals surface area contributed by atoms with Gasteiger partial charge < -0.3 is 9.84 Å². The molecule has 9 heteroatoms. The number of phenols is 1. The third-order valence-corrected chi connectivity index (χ3v) is 4.92. The van der Waals surface area contributed by atoms with Gasteiger partial charge >= 0.3 is 0 Å². The Morgan fingerprint density at radius 2 is 2.04 bits per heavy atom. The fourth-order valence-electron chi connectivity index (χ4n) is 2.43. The Bertz CT molecular complexity index is 1020. The molecule has 0 aliphatic heterocycles. The normalized spacial score (nSPS) is 11.0. The summed E-state index contributed by atoms with van der Waals surface area (Å²) in [6, 6.07) is 12.8. The van der Waals surface area contributed by atoms with Crippen molar-refractivity contribution in [2.24, 2.45) is 5.10 Å². The van der Waals surface area contributed by atoms with Crippen LogP contribution in [0.2, 0.25) is 0 Å². The lowest BCUT2D eigenvalue weighted by molar-refractivity contribution is 0.0948. The molecule has 0 saturated carbocycles. The van der Waals surface area contributed by atoms with E-state index in [1.54, 1.807) is 29.1 Å². The van der Waals surface area contributed by atoms with E-state index in [1.165, 1.54) is 13.3 Å². The second-order valence-electron chi connectivity index (χ2n) is 5.75. The van der Waals surface area contributed by atoms with Crippen molar-refractivity contribution in [3.05, 3.63) is 74.4 Å². The average Bonchev–Trinajstić information content (AvgIpc) is 3.05. The van der Waals surface area contributed by atoms with Gasteiger partial charge in [-0.1, -0.05) is 34.1 Å². The van der Waals surface area contributed by atoms with Crippen LogP contribution in [0.25, 0.3) is 0 Å². The number of aromatic hydroxyl groups is 1. The van der Waals surface area contributed by atoms with Crippen molar-refractivity contribution in [3.63, 3.8) is 0 Å². The maximum atomic E-state index is 12.4. The molecule has 1 amide bonds. The molecule has 7 nitrogen and oxygen atoms in total. The summed E-state index contributed by atoms with van der Waals surface area (Å²) < 4.78 is 8.26. The van der Waals surface area contributed by atoms with Crippen LogP contribution in [0.5, 0.6) is 11.5 Å². The topological polar surface area (TPSA) is 88.7 Å². The maximum Gasteiger partial charge on any atom is 0.293 e. The molecular formula is C19H16Br2N4O3. The Labute approximate surface area is 178 Å². The zero-order chi connectivity index (χ0) is 20.1. The van der Waals surface area contributed by atoms with Crippen molar-refractivity contribution >= 4 is 44.0 Å². The molecule has 0 unspecified atom stereocenters. The van der Waals surface area contributed by atoms with E-state index in [-0.39, 0.29) is 11.4 Å². The first kappa shape index (κ1) is 20.1. The number of carbonyl (C=O) groups is 1. The Morgan fingerprint density at radius 3 is 2.75 bits per heavy atom. The van der Waals surface area contributed by atoms with Crippen LogP contribution < -0.4 is 10.2 Å². The van der Waals surface area contributed by atoms with Gasteiger partial charge in [0.15, 0.2) is 17.2 Å². The quantitative estimate of drug-likeness (QED) is 0.390. The number of nitrogens with zero attached hydrogens (tertiary/aromatic N) is 3. The van der Waals surface area contributed by atoms with E-state index in [2.05, 4.69) is 47.5 Å². The minimum atomic E-state index is -0.472. The molecule has 0 saturated heterocycles. The molecule has 2 aromatic carbocycles. The van der Waals surface area contributed by atoms with Crippen LogP contribution in [-0.2, 0) is 6.54 Å². The highest BCUT2D eigenvalue weighted by Gasteiger charge is 2.15. The number of amides is 1. The van der Waals surface area contributed by atoms with E-state index in [0.717, 1.165) is 10.0 Å². The Hall–Kier alpha value is -2.65. The second-order valence-corrected chi connectivity index (χ2v) is 7.52. The number of hydrogen-bond donors (Lipinski definition) is 2. The first-order valence-corrected chi connectivity index (χ1v) is 9.73.